The first-order valence-corrected chi connectivity index (χ1v) is 7.00. The van der Waals surface area contributed by atoms with Crippen molar-refractivity contribution in [2.45, 2.75) is 45.4 Å². The number of aromatic nitrogens is 1. The molecule has 0 aromatic carbocycles. The summed E-state index contributed by atoms with van der Waals surface area (Å²) in [5.74, 6) is -0.135. The number of carbonyl (C=O) groups excluding carboxylic acids is 1. The van der Waals surface area contributed by atoms with Gasteiger partial charge in [0.15, 0.2) is 0 Å². The van der Waals surface area contributed by atoms with Gasteiger partial charge in [0, 0.05) is 24.6 Å². The maximum Gasteiger partial charge on any atom is 0.241 e. The highest BCUT2D eigenvalue weighted by atomic mass is 35.5. The van der Waals surface area contributed by atoms with Crippen LogP contribution in [0.15, 0.2) is 24.4 Å². The third-order valence-corrected chi connectivity index (χ3v) is 4.39. The summed E-state index contributed by atoms with van der Waals surface area (Å²) in [5.41, 5.74) is 5.88. The third kappa shape index (κ3) is 3.71. The Morgan fingerprint density at radius 1 is 1.45 bits per heavy atom. The van der Waals surface area contributed by atoms with Gasteiger partial charge < -0.3 is 15.8 Å². The smallest absolute Gasteiger partial charge is 0.241 e. The fraction of sp³-hybridized carbons (Fsp3) is 0.600. The van der Waals surface area contributed by atoms with Gasteiger partial charge in [0.1, 0.15) is 5.54 Å². The van der Waals surface area contributed by atoms with Gasteiger partial charge in [-0.05, 0) is 19.1 Å². The van der Waals surface area contributed by atoms with Crippen molar-refractivity contribution >= 4 is 30.7 Å². The minimum absolute atomic E-state index is 0. The largest absolute Gasteiger partial charge is 0.378 e. The molecule has 2 rings (SSSR count). The Kier molecular flexibility index (Phi) is 7.78. The van der Waals surface area contributed by atoms with E-state index >= 15 is 0 Å². The van der Waals surface area contributed by atoms with Crippen LogP contribution in [0.5, 0.6) is 0 Å². The van der Waals surface area contributed by atoms with Crippen LogP contribution in [-0.4, -0.2) is 29.1 Å². The van der Waals surface area contributed by atoms with Crippen LogP contribution in [0.3, 0.4) is 0 Å². The molecule has 7 heteroatoms. The molecule has 2 atom stereocenters. The highest BCUT2D eigenvalue weighted by Gasteiger charge is 2.62. The first kappa shape index (κ1) is 21.1. The van der Waals surface area contributed by atoms with E-state index in [4.69, 9.17) is 10.5 Å². The highest BCUT2D eigenvalue weighted by Crippen LogP contribution is 2.49. The van der Waals surface area contributed by atoms with Gasteiger partial charge in [-0.3, -0.25) is 9.78 Å². The summed E-state index contributed by atoms with van der Waals surface area (Å²) in [4.78, 5) is 16.5. The monoisotopic (exact) mass is 349 g/mol. The van der Waals surface area contributed by atoms with E-state index < -0.39 is 5.54 Å². The highest BCUT2D eigenvalue weighted by molar-refractivity contribution is 5.88. The predicted octanol–water partition coefficient (Wildman–Crippen LogP) is 2.07. The summed E-state index contributed by atoms with van der Waals surface area (Å²) < 4.78 is 5.63. The molecule has 1 aromatic heterocycles. The number of carbonyl (C=O) groups is 1. The van der Waals surface area contributed by atoms with Crippen LogP contribution >= 0.6 is 24.8 Å². The summed E-state index contributed by atoms with van der Waals surface area (Å²) in [6.07, 6.45) is 2.30. The molecule has 3 N–H and O–H groups in total. The molecule has 0 bridgehead atoms. The second kappa shape index (κ2) is 8.11. The number of nitrogens with one attached hydrogen (secondary N) is 1. The normalized spacial score (nSPS) is 25.2. The fourth-order valence-electron chi connectivity index (χ4n) is 2.65. The topological polar surface area (TPSA) is 77.2 Å². The van der Waals surface area contributed by atoms with Crippen LogP contribution in [0, 0.1) is 5.41 Å². The number of pyridine rings is 1. The number of nitrogens with zero attached hydrogens (tertiary/aromatic N) is 1. The Balaban J connectivity index is 0.00000220. The molecule has 126 valence electrons. The van der Waals surface area contributed by atoms with Crippen LogP contribution in [0.1, 0.15) is 32.9 Å². The van der Waals surface area contributed by atoms with E-state index in [2.05, 4.69) is 10.3 Å². The number of hydrogen-bond donors (Lipinski definition) is 2. The lowest BCUT2D eigenvalue weighted by molar-refractivity contribution is -0.170. The van der Waals surface area contributed by atoms with Crippen molar-refractivity contribution in [2.24, 2.45) is 11.1 Å². The van der Waals surface area contributed by atoms with Crippen LogP contribution in [0.25, 0.3) is 0 Å². The molecule has 2 unspecified atom stereocenters. The molecule has 1 heterocycles. The number of nitrogens with two attached hydrogens (primary N) is 1. The third-order valence-electron chi connectivity index (χ3n) is 4.39. The van der Waals surface area contributed by atoms with Crippen molar-refractivity contribution in [3.63, 3.8) is 0 Å². The molecule has 1 amide bonds. The van der Waals surface area contributed by atoms with Crippen molar-refractivity contribution < 1.29 is 9.53 Å². The van der Waals surface area contributed by atoms with Gasteiger partial charge in [-0.25, -0.2) is 0 Å². The Morgan fingerprint density at radius 2 is 2.14 bits per heavy atom. The van der Waals surface area contributed by atoms with Gasteiger partial charge in [-0.15, -0.1) is 24.8 Å². The van der Waals surface area contributed by atoms with Gasteiger partial charge in [-0.2, -0.15) is 0 Å². The quantitative estimate of drug-likeness (QED) is 0.852. The van der Waals surface area contributed by atoms with Crippen molar-refractivity contribution in [3.8, 4) is 0 Å². The molecule has 1 aliphatic carbocycles. The Hall–Kier alpha value is -0.880. The van der Waals surface area contributed by atoms with E-state index in [1.807, 2.05) is 39.0 Å². The number of rotatable bonds is 5. The molecular weight excluding hydrogens is 325 g/mol. The summed E-state index contributed by atoms with van der Waals surface area (Å²) in [5, 5.41) is 2.88. The second-order valence-electron chi connectivity index (χ2n) is 5.84. The Bertz CT molecular complexity index is 485. The minimum Gasteiger partial charge on any atom is -0.378 e. The molecule has 22 heavy (non-hydrogen) atoms. The standard InChI is InChI=1S/C15H23N3O2.2ClH/c1-4-20-12-9-15(16,14(12,2)3)13(19)18-10-11-7-5-6-8-17-11;;/h5-8,12H,4,9-10,16H2,1-3H3,(H,18,19);2*1H. The van der Waals surface area contributed by atoms with Crippen LogP contribution in [0.4, 0.5) is 0 Å². The first-order chi connectivity index (χ1) is 9.41. The lowest BCUT2D eigenvalue weighted by Crippen LogP contribution is -2.75. The van der Waals surface area contributed by atoms with E-state index in [-0.39, 0.29) is 42.2 Å². The van der Waals surface area contributed by atoms with Gasteiger partial charge in [-0.1, -0.05) is 19.9 Å². The van der Waals surface area contributed by atoms with Crippen LogP contribution in [0.2, 0.25) is 0 Å². The maximum atomic E-state index is 12.4. The second-order valence-corrected chi connectivity index (χ2v) is 5.84. The van der Waals surface area contributed by atoms with E-state index in [1.54, 1.807) is 6.20 Å². The number of halogens is 2. The zero-order chi connectivity index (χ0) is 14.8. The number of hydrogen-bond acceptors (Lipinski definition) is 4. The van der Waals surface area contributed by atoms with Crippen molar-refractivity contribution in [3.05, 3.63) is 30.1 Å². The van der Waals surface area contributed by atoms with Crippen LogP contribution in [-0.2, 0) is 16.1 Å². The van der Waals surface area contributed by atoms with Crippen molar-refractivity contribution in [1.29, 1.82) is 0 Å². The zero-order valence-corrected chi connectivity index (χ0v) is 14.8. The lowest BCUT2D eigenvalue weighted by atomic mass is 9.54. The average molecular weight is 350 g/mol. The SMILES string of the molecule is CCOC1CC(N)(C(=O)NCc2ccccn2)C1(C)C.Cl.Cl. The molecule has 1 aromatic rings. The molecule has 1 fully saturated rings. The fourth-order valence-corrected chi connectivity index (χ4v) is 2.65. The van der Waals surface area contributed by atoms with Gasteiger partial charge in [0.25, 0.3) is 0 Å². The van der Waals surface area contributed by atoms with Gasteiger partial charge in [0.2, 0.25) is 5.91 Å². The summed E-state index contributed by atoms with van der Waals surface area (Å²) in [6.45, 7) is 6.95. The molecule has 1 aliphatic rings. The molecule has 0 saturated heterocycles. The molecule has 1 saturated carbocycles. The lowest BCUT2D eigenvalue weighted by Gasteiger charge is -2.57. The van der Waals surface area contributed by atoms with Gasteiger partial charge in [0.05, 0.1) is 18.3 Å². The minimum atomic E-state index is -0.873. The summed E-state index contributed by atoms with van der Waals surface area (Å²) in [7, 11) is 0. The maximum absolute atomic E-state index is 12.4. The molecule has 5 nitrogen and oxygen atoms in total. The molecular formula is C15H25Cl2N3O2. The Morgan fingerprint density at radius 3 is 2.64 bits per heavy atom. The molecule has 0 radical (unpaired) electrons. The van der Waals surface area contributed by atoms with E-state index in [1.165, 1.54) is 0 Å². The zero-order valence-electron chi connectivity index (χ0n) is 13.2. The van der Waals surface area contributed by atoms with Gasteiger partial charge >= 0.3 is 0 Å². The van der Waals surface area contributed by atoms with Crippen molar-refractivity contribution in [2.75, 3.05) is 6.61 Å². The van der Waals surface area contributed by atoms with Crippen LogP contribution < -0.4 is 11.1 Å². The first-order valence-electron chi connectivity index (χ1n) is 7.00. The number of amides is 1. The van der Waals surface area contributed by atoms with E-state index in [9.17, 15) is 4.79 Å². The summed E-state index contributed by atoms with van der Waals surface area (Å²) in [6, 6.07) is 5.61. The Labute approximate surface area is 144 Å². The van der Waals surface area contributed by atoms with E-state index in [0.717, 1.165) is 5.69 Å². The average Bonchev–Trinajstić information content (AvgIpc) is 2.45. The molecule has 0 aliphatic heterocycles. The summed E-state index contributed by atoms with van der Waals surface area (Å²) >= 11 is 0. The van der Waals surface area contributed by atoms with E-state index in [0.29, 0.717) is 19.6 Å². The predicted molar refractivity (Wildman–Crippen MR) is 91.3 cm³/mol. The number of ether oxygens (including phenoxy) is 1. The molecule has 0 spiro atoms. The van der Waals surface area contributed by atoms with Crippen molar-refractivity contribution in [1.82, 2.24) is 10.3 Å².